The second-order valence-electron chi connectivity index (χ2n) is 5.30. The molecule has 0 saturated carbocycles. The van der Waals surface area contributed by atoms with Crippen LogP contribution in [0.3, 0.4) is 0 Å². The number of hydrogen-bond donors (Lipinski definition) is 1. The molecular formula is C16H16N4. The standard InChI is InChI=1S/C16H16N4/c1-20-15-10-17-7-6-13(15)19-16(20)14-8-11-4-2-3-5-12(11)9-18-14/h2-7,10,14,18H,8-9H2,1H3. The van der Waals surface area contributed by atoms with Gasteiger partial charge in [-0.15, -0.1) is 0 Å². The van der Waals surface area contributed by atoms with Crippen molar-refractivity contribution in [3.8, 4) is 0 Å². The fourth-order valence-electron chi connectivity index (χ4n) is 3.00. The second kappa shape index (κ2) is 4.42. The van der Waals surface area contributed by atoms with Crippen molar-refractivity contribution in [2.24, 2.45) is 7.05 Å². The molecule has 0 amide bonds. The molecule has 4 nitrogen and oxygen atoms in total. The molecule has 4 heteroatoms. The minimum atomic E-state index is 0.266. The van der Waals surface area contributed by atoms with Gasteiger partial charge in [-0.1, -0.05) is 24.3 Å². The van der Waals surface area contributed by atoms with Crippen LogP contribution >= 0.6 is 0 Å². The Morgan fingerprint density at radius 3 is 2.90 bits per heavy atom. The Morgan fingerprint density at radius 1 is 1.20 bits per heavy atom. The summed E-state index contributed by atoms with van der Waals surface area (Å²) in [4.78, 5) is 8.96. The zero-order valence-electron chi connectivity index (χ0n) is 11.4. The molecule has 1 atom stereocenters. The molecule has 2 aromatic heterocycles. The van der Waals surface area contributed by atoms with Gasteiger partial charge in [0, 0.05) is 19.8 Å². The average Bonchev–Trinajstić information content (AvgIpc) is 2.84. The van der Waals surface area contributed by atoms with E-state index >= 15 is 0 Å². The summed E-state index contributed by atoms with van der Waals surface area (Å²) in [5.74, 6) is 1.09. The number of aromatic nitrogens is 3. The molecule has 0 fully saturated rings. The molecule has 0 radical (unpaired) electrons. The molecule has 0 saturated heterocycles. The normalized spacial score (nSPS) is 18.1. The van der Waals surface area contributed by atoms with Gasteiger partial charge < -0.3 is 9.88 Å². The largest absolute Gasteiger partial charge is 0.329 e. The molecule has 3 aromatic rings. The van der Waals surface area contributed by atoms with E-state index in [0.29, 0.717) is 0 Å². The summed E-state index contributed by atoms with van der Waals surface area (Å²) in [6.07, 6.45) is 4.66. The van der Waals surface area contributed by atoms with Gasteiger partial charge in [-0.25, -0.2) is 4.98 Å². The van der Waals surface area contributed by atoms with Crippen LogP contribution < -0.4 is 5.32 Å². The van der Waals surface area contributed by atoms with E-state index in [1.54, 1.807) is 6.20 Å². The fourth-order valence-corrected chi connectivity index (χ4v) is 3.00. The van der Waals surface area contributed by atoms with E-state index in [9.17, 15) is 0 Å². The molecule has 4 rings (SSSR count). The summed E-state index contributed by atoms with van der Waals surface area (Å²) in [5.41, 5.74) is 4.91. The van der Waals surface area contributed by atoms with Crippen molar-refractivity contribution in [1.82, 2.24) is 19.9 Å². The highest BCUT2D eigenvalue weighted by Gasteiger charge is 2.23. The predicted molar refractivity (Wildman–Crippen MR) is 78.2 cm³/mol. The third-order valence-corrected chi connectivity index (χ3v) is 4.11. The Hall–Kier alpha value is -2.20. The molecule has 1 unspecified atom stereocenters. The smallest absolute Gasteiger partial charge is 0.127 e. The molecule has 1 aliphatic rings. The van der Waals surface area contributed by atoms with Crippen molar-refractivity contribution in [2.45, 2.75) is 19.0 Å². The van der Waals surface area contributed by atoms with Gasteiger partial charge in [-0.3, -0.25) is 4.98 Å². The monoisotopic (exact) mass is 264 g/mol. The Balaban J connectivity index is 1.76. The van der Waals surface area contributed by atoms with Crippen molar-refractivity contribution in [3.63, 3.8) is 0 Å². The summed E-state index contributed by atoms with van der Waals surface area (Å²) in [7, 11) is 2.06. The summed E-state index contributed by atoms with van der Waals surface area (Å²) < 4.78 is 2.15. The second-order valence-corrected chi connectivity index (χ2v) is 5.30. The molecule has 20 heavy (non-hydrogen) atoms. The van der Waals surface area contributed by atoms with E-state index < -0.39 is 0 Å². The van der Waals surface area contributed by atoms with E-state index in [2.05, 4.69) is 46.2 Å². The molecule has 100 valence electrons. The van der Waals surface area contributed by atoms with Gasteiger partial charge in [0.25, 0.3) is 0 Å². The number of fused-ring (bicyclic) bond motifs is 2. The maximum Gasteiger partial charge on any atom is 0.127 e. The number of nitrogens with zero attached hydrogens (tertiary/aromatic N) is 3. The Labute approximate surface area is 117 Å². The lowest BCUT2D eigenvalue weighted by molar-refractivity contribution is 0.467. The number of aryl methyl sites for hydroxylation is 1. The summed E-state index contributed by atoms with van der Waals surface area (Å²) in [6, 6.07) is 10.9. The first-order valence-electron chi connectivity index (χ1n) is 6.89. The van der Waals surface area contributed by atoms with Crippen LogP contribution in [0.4, 0.5) is 0 Å². The van der Waals surface area contributed by atoms with Gasteiger partial charge in [0.1, 0.15) is 5.82 Å². The Morgan fingerprint density at radius 2 is 2.05 bits per heavy atom. The zero-order valence-corrected chi connectivity index (χ0v) is 11.4. The van der Waals surface area contributed by atoms with Crippen LogP contribution in [-0.2, 0) is 20.0 Å². The molecule has 1 N–H and O–H groups in total. The van der Waals surface area contributed by atoms with E-state index in [4.69, 9.17) is 4.98 Å². The number of imidazole rings is 1. The molecule has 1 aromatic carbocycles. The van der Waals surface area contributed by atoms with Crippen LogP contribution in [0.15, 0.2) is 42.7 Å². The lowest BCUT2D eigenvalue weighted by atomic mass is 9.95. The first-order valence-corrected chi connectivity index (χ1v) is 6.89. The van der Waals surface area contributed by atoms with E-state index in [1.807, 2.05) is 12.3 Å². The fraction of sp³-hybridized carbons (Fsp3) is 0.250. The van der Waals surface area contributed by atoms with Crippen LogP contribution in [0.25, 0.3) is 11.0 Å². The van der Waals surface area contributed by atoms with Crippen molar-refractivity contribution in [1.29, 1.82) is 0 Å². The molecule has 0 aliphatic carbocycles. The number of pyridine rings is 1. The minimum Gasteiger partial charge on any atom is -0.329 e. The third kappa shape index (κ3) is 1.72. The van der Waals surface area contributed by atoms with E-state index in [-0.39, 0.29) is 6.04 Å². The topological polar surface area (TPSA) is 42.7 Å². The maximum absolute atomic E-state index is 4.77. The summed E-state index contributed by atoms with van der Waals surface area (Å²) >= 11 is 0. The van der Waals surface area contributed by atoms with E-state index in [0.717, 1.165) is 29.8 Å². The maximum atomic E-state index is 4.77. The molecule has 1 aliphatic heterocycles. The van der Waals surface area contributed by atoms with Crippen molar-refractivity contribution in [2.75, 3.05) is 0 Å². The first kappa shape index (κ1) is 11.6. The number of benzene rings is 1. The molecule has 0 spiro atoms. The van der Waals surface area contributed by atoms with Gasteiger partial charge in [0.2, 0.25) is 0 Å². The third-order valence-electron chi connectivity index (χ3n) is 4.11. The zero-order chi connectivity index (χ0) is 13.5. The van der Waals surface area contributed by atoms with Gasteiger partial charge >= 0.3 is 0 Å². The van der Waals surface area contributed by atoms with Crippen LogP contribution in [0.2, 0.25) is 0 Å². The van der Waals surface area contributed by atoms with Gasteiger partial charge in [0.15, 0.2) is 0 Å². The highest BCUT2D eigenvalue weighted by molar-refractivity contribution is 5.74. The molecular weight excluding hydrogens is 248 g/mol. The lowest BCUT2D eigenvalue weighted by Crippen LogP contribution is -2.30. The van der Waals surface area contributed by atoms with Crippen LogP contribution in [-0.4, -0.2) is 14.5 Å². The number of rotatable bonds is 1. The summed E-state index contributed by atoms with van der Waals surface area (Å²) in [6.45, 7) is 0.905. The highest BCUT2D eigenvalue weighted by Crippen LogP contribution is 2.26. The van der Waals surface area contributed by atoms with Crippen LogP contribution in [0.1, 0.15) is 23.0 Å². The quantitative estimate of drug-likeness (QED) is 0.733. The lowest BCUT2D eigenvalue weighted by Gasteiger charge is -2.25. The van der Waals surface area contributed by atoms with Gasteiger partial charge in [0.05, 0.1) is 23.3 Å². The number of hydrogen-bond acceptors (Lipinski definition) is 3. The minimum absolute atomic E-state index is 0.266. The van der Waals surface area contributed by atoms with Crippen molar-refractivity contribution >= 4 is 11.0 Å². The SMILES string of the molecule is Cn1c(C2Cc3ccccc3CN2)nc2ccncc21. The first-order chi connectivity index (χ1) is 9.83. The van der Waals surface area contributed by atoms with Crippen molar-refractivity contribution < 1.29 is 0 Å². The average molecular weight is 264 g/mol. The highest BCUT2D eigenvalue weighted by atomic mass is 15.1. The Kier molecular flexibility index (Phi) is 2.57. The van der Waals surface area contributed by atoms with Crippen LogP contribution in [0.5, 0.6) is 0 Å². The molecule has 3 heterocycles. The number of nitrogens with one attached hydrogen (secondary N) is 1. The Bertz CT molecular complexity index is 775. The van der Waals surface area contributed by atoms with Crippen LogP contribution in [0, 0.1) is 0 Å². The van der Waals surface area contributed by atoms with Crippen molar-refractivity contribution in [3.05, 3.63) is 59.7 Å². The van der Waals surface area contributed by atoms with Gasteiger partial charge in [-0.05, 0) is 23.6 Å². The summed E-state index contributed by atoms with van der Waals surface area (Å²) in [5, 5.41) is 3.59. The van der Waals surface area contributed by atoms with Gasteiger partial charge in [-0.2, -0.15) is 0 Å². The predicted octanol–water partition coefficient (Wildman–Crippen LogP) is 2.36. The molecule has 0 bridgehead atoms. The van der Waals surface area contributed by atoms with E-state index in [1.165, 1.54) is 11.1 Å².